The van der Waals surface area contributed by atoms with Gasteiger partial charge in [0, 0.05) is 0 Å². The molecule has 9 heteroatoms. The Kier molecular flexibility index (Phi) is 3.02. The number of phenols is 1. The number of phenolic OH excluding ortho intramolecular Hbond substituents is 1. The molecule has 0 unspecified atom stereocenters. The van der Waals surface area contributed by atoms with E-state index in [1.165, 1.54) is 24.3 Å². The van der Waals surface area contributed by atoms with E-state index in [1.807, 2.05) is 0 Å². The first-order valence-corrected chi connectivity index (χ1v) is 7.44. The van der Waals surface area contributed by atoms with E-state index < -0.39 is 15.1 Å². The molecule has 2 aromatic rings. The van der Waals surface area contributed by atoms with Gasteiger partial charge in [-0.1, -0.05) is 19.4 Å². The van der Waals surface area contributed by atoms with Crippen LogP contribution in [-0.4, -0.2) is 5.11 Å². The van der Waals surface area contributed by atoms with Crippen molar-refractivity contribution in [3.63, 3.8) is 0 Å². The van der Waals surface area contributed by atoms with Gasteiger partial charge in [-0.05, 0) is 48.5 Å². The molecule has 0 heterocycles. The number of hydrogen-bond acceptors (Lipinski definition) is 3. The van der Waals surface area contributed by atoms with Crippen LogP contribution in [0.15, 0.2) is 63.7 Å². The summed E-state index contributed by atoms with van der Waals surface area (Å²) >= 11 is 0. The maximum absolute atomic E-state index is 12.5. The summed E-state index contributed by atoms with van der Waals surface area (Å²) in [6.45, 7) is 0. The Morgan fingerprint density at radius 1 is 0.667 bits per heavy atom. The number of hydrogen-bond donors (Lipinski definition) is 1. The van der Waals surface area contributed by atoms with E-state index >= 15 is 0 Å². The molecule has 2 rings (SSSR count). The summed E-state index contributed by atoms with van der Waals surface area (Å²) in [4.78, 5) is -1.97. The van der Waals surface area contributed by atoms with Crippen LogP contribution in [0.4, 0.5) is 30.8 Å². The van der Waals surface area contributed by atoms with E-state index in [0.29, 0.717) is 5.69 Å². The van der Waals surface area contributed by atoms with Crippen LogP contribution >= 0.6 is 10.2 Å². The molecular weight excluding hydrogens is 315 g/mol. The third kappa shape index (κ3) is 4.15. The molecule has 21 heavy (non-hydrogen) atoms. The van der Waals surface area contributed by atoms with Gasteiger partial charge >= 0.3 is 10.2 Å². The number of rotatable bonds is 3. The van der Waals surface area contributed by atoms with E-state index in [1.54, 1.807) is 0 Å². The number of aromatic hydroxyl groups is 1. The van der Waals surface area contributed by atoms with Crippen molar-refractivity contribution in [2.45, 2.75) is 4.90 Å². The molecule has 0 amide bonds. The summed E-state index contributed by atoms with van der Waals surface area (Å²) < 4.78 is 62.5. The van der Waals surface area contributed by atoms with E-state index in [4.69, 9.17) is 5.11 Å². The lowest BCUT2D eigenvalue weighted by atomic mass is 10.3. The van der Waals surface area contributed by atoms with Gasteiger partial charge in [0.25, 0.3) is 0 Å². The molecule has 0 fully saturated rings. The number of nitrogens with zero attached hydrogens (tertiary/aromatic N) is 2. The van der Waals surface area contributed by atoms with Gasteiger partial charge < -0.3 is 5.11 Å². The summed E-state index contributed by atoms with van der Waals surface area (Å²) in [7, 11) is -9.65. The lowest BCUT2D eigenvalue weighted by Gasteiger charge is -2.40. The molecule has 0 atom stereocenters. The second-order valence-corrected chi connectivity index (χ2v) is 6.59. The SMILES string of the molecule is Oc1ccc(/N=N/c2ccc(S(F)(F)(F)(F)F)cc2)cc1. The van der Waals surface area contributed by atoms with Gasteiger partial charge in [-0.3, -0.25) is 0 Å². The third-order valence-electron chi connectivity index (χ3n) is 2.41. The average Bonchev–Trinajstić information content (AvgIpc) is 2.36. The summed E-state index contributed by atoms with van der Waals surface area (Å²) in [5.41, 5.74) is 0.346. The highest BCUT2D eigenvalue weighted by Crippen LogP contribution is 3.02. The first-order valence-electron chi connectivity index (χ1n) is 5.49. The Labute approximate surface area is 116 Å². The van der Waals surface area contributed by atoms with E-state index in [0.717, 1.165) is 12.1 Å². The van der Waals surface area contributed by atoms with Crippen molar-refractivity contribution in [2.75, 3.05) is 0 Å². The van der Waals surface area contributed by atoms with Crippen molar-refractivity contribution >= 4 is 21.6 Å². The number of benzene rings is 2. The molecule has 114 valence electrons. The summed E-state index contributed by atoms with van der Waals surface area (Å²) in [6, 6.07) is 7.72. The largest absolute Gasteiger partial charge is 0.508 e. The first kappa shape index (κ1) is 15.2. The van der Waals surface area contributed by atoms with Crippen LogP contribution in [0.3, 0.4) is 0 Å². The maximum Gasteiger partial charge on any atom is 0.310 e. The molecule has 3 nitrogen and oxygen atoms in total. The minimum absolute atomic E-state index is 0.00586. The van der Waals surface area contributed by atoms with Crippen LogP contribution in [0, 0.1) is 0 Å². The zero-order valence-corrected chi connectivity index (χ0v) is 11.1. The molecule has 0 aliphatic carbocycles. The smallest absolute Gasteiger partial charge is 0.310 e. The van der Waals surface area contributed by atoms with E-state index in [-0.39, 0.29) is 23.6 Å². The molecule has 0 saturated carbocycles. The third-order valence-corrected chi connectivity index (χ3v) is 3.58. The van der Waals surface area contributed by atoms with Crippen molar-refractivity contribution in [2.24, 2.45) is 10.2 Å². The predicted octanol–water partition coefficient (Wildman–Crippen LogP) is 6.47. The lowest BCUT2D eigenvalue weighted by Crippen LogP contribution is -2.05. The van der Waals surface area contributed by atoms with Crippen LogP contribution in [0.1, 0.15) is 0 Å². The van der Waals surface area contributed by atoms with Gasteiger partial charge in [0.15, 0.2) is 0 Å². The van der Waals surface area contributed by atoms with Crippen molar-refractivity contribution in [3.05, 3.63) is 48.5 Å². The van der Waals surface area contributed by atoms with Crippen molar-refractivity contribution in [1.82, 2.24) is 0 Å². The molecular formula is C12H9F5N2OS. The van der Waals surface area contributed by atoms with Gasteiger partial charge in [0.05, 0.1) is 11.4 Å². The standard InChI is InChI=1S/C12H9F5N2OS/c13-21(14,15,16,17)12-7-3-10(4-8-12)19-18-9-1-5-11(20)6-2-9/h1-8,20H/b19-18+. The second-order valence-electron chi connectivity index (χ2n) is 4.18. The summed E-state index contributed by atoms with van der Waals surface area (Å²) in [5.74, 6) is 0.0224. The molecule has 0 radical (unpaired) electrons. The van der Waals surface area contributed by atoms with Gasteiger partial charge in [-0.25, -0.2) is 0 Å². The van der Waals surface area contributed by atoms with Crippen molar-refractivity contribution in [1.29, 1.82) is 0 Å². The maximum atomic E-state index is 12.5. The molecule has 0 bridgehead atoms. The van der Waals surface area contributed by atoms with Crippen molar-refractivity contribution < 1.29 is 24.5 Å². The number of azo groups is 1. The second kappa shape index (κ2) is 4.17. The molecule has 2 aromatic carbocycles. The topological polar surface area (TPSA) is 45.0 Å². The first-order chi connectivity index (χ1) is 9.44. The Morgan fingerprint density at radius 3 is 1.43 bits per heavy atom. The zero-order valence-electron chi connectivity index (χ0n) is 10.3. The Balaban J connectivity index is 2.23. The Morgan fingerprint density at radius 2 is 1.05 bits per heavy atom. The highest BCUT2D eigenvalue weighted by Gasteiger charge is 2.65. The molecule has 0 aliphatic rings. The summed E-state index contributed by atoms with van der Waals surface area (Å²) in [6.07, 6.45) is 0. The normalized spacial score (nSPS) is 15.7. The highest BCUT2D eigenvalue weighted by molar-refractivity contribution is 8.45. The summed E-state index contributed by atoms with van der Waals surface area (Å²) in [5, 5.41) is 16.4. The van der Waals surface area contributed by atoms with Crippen LogP contribution in [0.5, 0.6) is 5.75 Å². The van der Waals surface area contributed by atoms with Crippen LogP contribution < -0.4 is 0 Å². The van der Waals surface area contributed by atoms with Crippen molar-refractivity contribution in [3.8, 4) is 5.75 Å². The minimum Gasteiger partial charge on any atom is -0.508 e. The fourth-order valence-electron chi connectivity index (χ4n) is 1.40. The fraction of sp³-hybridized carbons (Fsp3) is 0. The highest BCUT2D eigenvalue weighted by atomic mass is 32.5. The van der Waals surface area contributed by atoms with Gasteiger partial charge in [-0.2, -0.15) is 10.2 Å². The van der Waals surface area contributed by atoms with E-state index in [2.05, 4.69) is 10.2 Å². The lowest BCUT2D eigenvalue weighted by molar-refractivity contribution is 0.364. The minimum atomic E-state index is -9.65. The molecule has 0 aliphatic heterocycles. The molecule has 1 N–H and O–H groups in total. The molecule has 0 saturated heterocycles. The van der Waals surface area contributed by atoms with E-state index in [9.17, 15) is 19.4 Å². The van der Waals surface area contributed by atoms with Gasteiger partial charge in [0.1, 0.15) is 10.6 Å². The van der Waals surface area contributed by atoms with Gasteiger partial charge in [-0.15, -0.1) is 0 Å². The van der Waals surface area contributed by atoms with Gasteiger partial charge in [0.2, 0.25) is 0 Å². The predicted molar refractivity (Wildman–Crippen MR) is 70.1 cm³/mol. The van der Waals surface area contributed by atoms with Crippen LogP contribution in [0.25, 0.3) is 0 Å². The van der Waals surface area contributed by atoms with Crippen LogP contribution in [0.2, 0.25) is 0 Å². The molecule has 0 spiro atoms. The molecule has 0 aromatic heterocycles. The quantitative estimate of drug-likeness (QED) is 0.510. The Hall–Kier alpha value is -2.16. The zero-order chi connectivity index (χ0) is 15.8. The average molecular weight is 324 g/mol. The van der Waals surface area contributed by atoms with Crippen LogP contribution in [-0.2, 0) is 0 Å². The number of halogens is 5. The Bertz CT molecular complexity index is 681. The fourth-order valence-corrected chi connectivity index (χ4v) is 2.06. The monoisotopic (exact) mass is 324 g/mol.